The van der Waals surface area contributed by atoms with Crippen molar-refractivity contribution in [2.24, 2.45) is 0 Å². The molecule has 0 atom stereocenters. The number of hydrogen-bond donors (Lipinski definition) is 1. The van der Waals surface area contributed by atoms with E-state index in [2.05, 4.69) is 10.2 Å². The van der Waals surface area contributed by atoms with Gasteiger partial charge in [-0.1, -0.05) is 0 Å². The second-order valence-corrected chi connectivity index (χ2v) is 4.42. The predicted molar refractivity (Wildman–Crippen MR) is 67.7 cm³/mol. The monoisotopic (exact) mass is 235 g/mol. The lowest BCUT2D eigenvalue weighted by Crippen LogP contribution is -2.44. The Balaban J connectivity index is 2.37. The molecule has 0 saturated carbocycles. The average molecular weight is 235 g/mol. The lowest BCUT2D eigenvalue weighted by Gasteiger charge is -2.31. The predicted octanol–water partition coefficient (Wildman–Crippen LogP) is 1.62. The van der Waals surface area contributed by atoms with Crippen LogP contribution in [0.15, 0.2) is 12.1 Å². The molecule has 17 heavy (non-hydrogen) atoms. The normalized spacial score (nSPS) is 16.0. The van der Waals surface area contributed by atoms with Crippen molar-refractivity contribution in [1.82, 2.24) is 5.32 Å². The molecule has 2 rings (SSSR count). The highest BCUT2D eigenvalue weighted by molar-refractivity contribution is 5.63. The van der Waals surface area contributed by atoms with Crippen molar-refractivity contribution in [3.05, 3.63) is 33.4 Å². The maximum Gasteiger partial charge on any atom is 0.270 e. The Kier molecular flexibility index (Phi) is 3.28. The van der Waals surface area contributed by atoms with E-state index in [-0.39, 0.29) is 10.6 Å². The zero-order valence-electron chi connectivity index (χ0n) is 10.2. The van der Waals surface area contributed by atoms with Gasteiger partial charge in [-0.3, -0.25) is 10.1 Å². The first-order valence-electron chi connectivity index (χ1n) is 5.81. The third kappa shape index (κ3) is 2.39. The number of nitrogens with one attached hydrogen (secondary N) is 1. The van der Waals surface area contributed by atoms with Crippen LogP contribution in [0.25, 0.3) is 0 Å². The molecule has 0 spiro atoms. The first-order valence-corrected chi connectivity index (χ1v) is 5.81. The van der Waals surface area contributed by atoms with Gasteiger partial charge in [0.1, 0.15) is 0 Å². The van der Waals surface area contributed by atoms with Crippen molar-refractivity contribution in [2.75, 3.05) is 31.1 Å². The minimum Gasteiger partial charge on any atom is -0.369 e. The molecule has 5 nitrogen and oxygen atoms in total. The smallest absolute Gasteiger partial charge is 0.270 e. The third-order valence-electron chi connectivity index (χ3n) is 3.12. The van der Waals surface area contributed by atoms with Crippen LogP contribution >= 0.6 is 0 Å². The van der Waals surface area contributed by atoms with Gasteiger partial charge in [0, 0.05) is 44.0 Å². The van der Waals surface area contributed by atoms with E-state index < -0.39 is 0 Å². The number of rotatable bonds is 2. The van der Waals surface area contributed by atoms with E-state index in [0.29, 0.717) is 0 Å². The van der Waals surface area contributed by atoms with Crippen LogP contribution in [0.3, 0.4) is 0 Å². The number of anilines is 1. The number of nitro benzene ring substituents is 1. The minimum absolute atomic E-state index is 0.180. The fourth-order valence-electron chi connectivity index (χ4n) is 2.43. The number of aryl methyl sites for hydroxylation is 2. The van der Waals surface area contributed by atoms with Gasteiger partial charge in [0.15, 0.2) is 0 Å². The molecule has 5 heteroatoms. The van der Waals surface area contributed by atoms with Crippen molar-refractivity contribution in [3.8, 4) is 0 Å². The summed E-state index contributed by atoms with van der Waals surface area (Å²) in [5.74, 6) is 0. The first kappa shape index (κ1) is 11.9. The van der Waals surface area contributed by atoms with Crippen LogP contribution in [0.5, 0.6) is 0 Å². The molecule has 1 saturated heterocycles. The molecule has 92 valence electrons. The van der Waals surface area contributed by atoms with E-state index in [4.69, 9.17) is 0 Å². The van der Waals surface area contributed by atoms with Crippen LogP contribution in [-0.2, 0) is 0 Å². The summed E-state index contributed by atoms with van der Waals surface area (Å²) in [4.78, 5) is 12.7. The fraction of sp³-hybridized carbons (Fsp3) is 0.500. The summed E-state index contributed by atoms with van der Waals surface area (Å²) in [5.41, 5.74) is 3.30. The standard InChI is InChI=1S/C12H17N3O2/c1-9-7-11(15(16)17)8-10(2)12(9)14-5-3-13-4-6-14/h7-8,13H,3-6H2,1-2H3. The van der Waals surface area contributed by atoms with E-state index >= 15 is 0 Å². The molecule has 1 N–H and O–H groups in total. The van der Waals surface area contributed by atoms with Gasteiger partial charge in [0.05, 0.1) is 4.92 Å². The highest BCUT2D eigenvalue weighted by Gasteiger charge is 2.18. The van der Waals surface area contributed by atoms with Crippen molar-refractivity contribution >= 4 is 11.4 Å². The molecule has 1 aliphatic heterocycles. The largest absolute Gasteiger partial charge is 0.369 e. The van der Waals surface area contributed by atoms with E-state index in [0.717, 1.165) is 43.0 Å². The maximum absolute atomic E-state index is 10.8. The molecule has 1 fully saturated rings. The molecule has 0 aromatic heterocycles. The van der Waals surface area contributed by atoms with Crippen LogP contribution in [0.1, 0.15) is 11.1 Å². The van der Waals surface area contributed by atoms with Crippen molar-refractivity contribution in [3.63, 3.8) is 0 Å². The van der Waals surface area contributed by atoms with Crippen molar-refractivity contribution < 1.29 is 4.92 Å². The van der Waals surface area contributed by atoms with Gasteiger partial charge in [0.25, 0.3) is 5.69 Å². The van der Waals surface area contributed by atoms with E-state index in [1.165, 1.54) is 0 Å². The zero-order chi connectivity index (χ0) is 12.4. The molecular formula is C12H17N3O2. The Morgan fingerprint density at radius 1 is 1.24 bits per heavy atom. The SMILES string of the molecule is Cc1cc([N+](=O)[O-])cc(C)c1N1CCNCC1. The molecule has 0 amide bonds. The number of non-ortho nitro benzene ring substituents is 1. The Labute approximate surface area is 101 Å². The Bertz CT molecular complexity index is 416. The number of benzene rings is 1. The summed E-state index contributed by atoms with van der Waals surface area (Å²) >= 11 is 0. The number of hydrogen-bond acceptors (Lipinski definition) is 4. The van der Waals surface area contributed by atoms with Crippen LogP contribution in [0, 0.1) is 24.0 Å². The third-order valence-corrected chi connectivity index (χ3v) is 3.12. The number of nitrogens with zero attached hydrogens (tertiary/aromatic N) is 2. The van der Waals surface area contributed by atoms with Crippen LogP contribution in [0.4, 0.5) is 11.4 Å². The topological polar surface area (TPSA) is 58.4 Å². The van der Waals surface area contributed by atoms with E-state index in [1.807, 2.05) is 13.8 Å². The lowest BCUT2D eigenvalue weighted by atomic mass is 10.1. The Hall–Kier alpha value is -1.62. The first-order chi connectivity index (χ1) is 8.09. The van der Waals surface area contributed by atoms with E-state index in [9.17, 15) is 10.1 Å². The summed E-state index contributed by atoms with van der Waals surface area (Å²) in [5, 5.41) is 14.1. The zero-order valence-corrected chi connectivity index (χ0v) is 10.2. The second kappa shape index (κ2) is 4.71. The van der Waals surface area contributed by atoms with E-state index in [1.54, 1.807) is 12.1 Å². The van der Waals surface area contributed by atoms with Crippen LogP contribution in [0.2, 0.25) is 0 Å². The summed E-state index contributed by atoms with van der Waals surface area (Å²) in [7, 11) is 0. The Morgan fingerprint density at radius 3 is 2.24 bits per heavy atom. The molecule has 1 aliphatic rings. The summed E-state index contributed by atoms with van der Waals surface area (Å²) in [6.07, 6.45) is 0. The fourth-order valence-corrected chi connectivity index (χ4v) is 2.43. The molecule has 1 aromatic rings. The van der Waals surface area contributed by atoms with Gasteiger partial charge < -0.3 is 10.2 Å². The highest BCUT2D eigenvalue weighted by atomic mass is 16.6. The minimum atomic E-state index is -0.332. The van der Waals surface area contributed by atoms with Gasteiger partial charge in [-0.2, -0.15) is 0 Å². The number of nitro groups is 1. The van der Waals surface area contributed by atoms with Crippen molar-refractivity contribution in [1.29, 1.82) is 0 Å². The molecule has 1 aromatic carbocycles. The second-order valence-electron chi connectivity index (χ2n) is 4.42. The van der Waals surface area contributed by atoms with Gasteiger partial charge in [-0.25, -0.2) is 0 Å². The Morgan fingerprint density at radius 2 is 1.76 bits per heavy atom. The lowest BCUT2D eigenvalue weighted by molar-refractivity contribution is -0.384. The molecule has 0 aliphatic carbocycles. The quantitative estimate of drug-likeness (QED) is 0.625. The average Bonchev–Trinajstić information content (AvgIpc) is 2.29. The van der Waals surface area contributed by atoms with Crippen molar-refractivity contribution in [2.45, 2.75) is 13.8 Å². The summed E-state index contributed by atoms with van der Waals surface area (Å²) in [6.45, 7) is 7.74. The molecular weight excluding hydrogens is 218 g/mol. The van der Waals surface area contributed by atoms with Gasteiger partial charge >= 0.3 is 0 Å². The van der Waals surface area contributed by atoms with Crippen LogP contribution in [-0.4, -0.2) is 31.1 Å². The van der Waals surface area contributed by atoms with Gasteiger partial charge in [0.2, 0.25) is 0 Å². The molecule has 0 radical (unpaired) electrons. The number of piperazine rings is 1. The molecule has 1 heterocycles. The van der Waals surface area contributed by atoms with Gasteiger partial charge in [-0.05, 0) is 25.0 Å². The van der Waals surface area contributed by atoms with Gasteiger partial charge in [-0.15, -0.1) is 0 Å². The summed E-state index contributed by atoms with van der Waals surface area (Å²) in [6, 6.07) is 3.31. The molecule has 0 bridgehead atoms. The van der Waals surface area contributed by atoms with Crippen LogP contribution < -0.4 is 10.2 Å². The summed E-state index contributed by atoms with van der Waals surface area (Å²) < 4.78 is 0. The highest BCUT2D eigenvalue weighted by Crippen LogP contribution is 2.29. The maximum atomic E-state index is 10.8. The molecule has 0 unspecified atom stereocenters.